The van der Waals surface area contributed by atoms with Crippen LogP contribution in [0.2, 0.25) is 0 Å². The van der Waals surface area contributed by atoms with Crippen molar-refractivity contribution in [1.82, 2.24) is 10.2 Å². The molecule has 1 N–H and O–H groups in total. The molecule has 3 fully saturated rings. The lowest BCUT2D eigenvalue weighted by Gasteiger charge is -2.44. The smallest absolute Gasteiger partial charge is 0.248 e. The van der Waals surface area contributed by atoms with E-state index in [-0.39, 0.29) is 24.0 Å². The van der Waals surface area contributed by atoms with Gasteiger partial charge in [0.25, 0.3) is 0 Å². The van der Waals surface area contributed by atoms with Crippen LogP contribution in [0.25, 0.3) is 0 Å². The van der Waals surface area contributed by atoms with E-state index in [4.69, 9.17) is 4.74 Å². The zero-order valence-electron chi connectivity index (χ0n) is 12.4. The van der Waals surface area contributed by atoms with E-state index in [1.807, 2.05) is 0 Å². The van der Waals surface area contributed by atoms with Crippen molar-refractivity contribution >= 4 is 11.8 Å². The number of carbonyl (C=O) groups excluding carboxylic acids is 2. The van der Waals surface area contributed by atoms with Crippen LogP contribution in [0.1, 0.15) is 46.0 Å². The summed E-state index contributed by atoms with van der Waals surface area (Å²) in [5.74, 6) is 0.384. The SMILES string of the molecule is CC1(C)NC(=O)C(C2CC2)N(CC2CCCCO2)C1=O. The number of piperazine rings is 1. The molecule has 1 saturated carbocycles. The molecule has 5 nitrogen and oxygen atoms in total. The fourth-order valence-corrected chi connectivity index (χ4v) is 3.31. The second-order valence-electron chi connectivity index (χ2n) is 6.84. The Morgan fingerprint density at radius 2 is 2.00 bits per heavy atom. The molecule has 1 aliphatic carbocycles. The standard InChI is InChI=1S/C15H24N2O3/c1-15(2)14(19)17(9-11-5-3-4-8-20-11)12(10-6-7-10)13(18)16-15/h10-12H,3-9H2,1-2H3,(H,16,18). The molecule has 2 unspecified atom stereocenters. The molecule has 0 bridgehead atoms. The molecule has 5 heteroatoms. The first-order chi connectivity index (χ1) is 9.49. The Bertz CT molecular complexity index is 411. The Kier molecular flexibility index (Phi) is 3.48. The van der Waals surface area contributed by atoms with Crippen LogP contribution in [0.5, 0.6) is 0 Å². The van der Waals surface area contributed by atoms with E-state index in [1.54, 1.807) is 18.7 Å². The van der Waals surface area contributed by atoms with Crippen molar-refractivity contribution < 1.29 is 14.3 Å². The van der Waals surface area contributed by atoms with Crippen molar-refractivity contribution in [3.05, 3.63) is 0 Å². The highest BCUT2D eigenvalue weighted by Gasteiger charge is 2.51. The molecule has 0 aromatic heterocycles. The summed E-state index contributed by atoms with van der Waals surface area (Å²) < 4.78 is 5.76. The second kappa shape index (κ2) is 5.02. The van der Waals surface area contributed by atoms with Crippen molar-refractivity contribution in [2.75, 3.05) is 13.2 Å². The molecule has 3 aliphatic rings. The first-order valence-electron chi connectivity index (χ1n) is 7.74. The molecule has 0 spiro atoms. The van der Waals surface area contributed by atoms with E-state index in [0.717, 1.165) is 38.7 Å². The molecule has 0 aromatic rings. The van der Waals surface area contributed by atoms with Gasteiger partial charge in [-0.1, -0.05) is 0 Å². The van der Waals surface area contributed by atoms with Gasteiger partial charge in [-0.2, -0.15) is 0 Å². The summed E-state index contributed by atoms with van der Waals surface area (Å²) in [5.41, 5.74) is -0.795. The number of hydrogen-bond donors (Lipinski definition) is 1. The fourth-order valence-electron chi connectivity index (χ4n) is 3.31. The fraction of sp³-hybridized carbons (Fsp3) is 0.867. The minimum atomic E-state index is -0.795. The van der Waals surface area contributed by atoms with Crippen LogP contribution in [0.3, 0.4) is 0 Å². The van der Waals surface area contributed by atoms with Gasteiger partial charge in [0.1, 0.15) is 11.6 Å². The van der Waals surface area contributed by atoms with Gasteiger partial charge in [-0.25, -0.2) is 0 Å². The second-order valence-corrected chi connectivity index (χ2v) is 6.84. The van der Waals surface area contributed by atoms with Crippen LogP contribution in [-0.4, -0.2) is 47.6 Å². The van der Waals surface area contributed by atoms with Gasteiger partial charge >= 0.3 is 0 Å². The van der Waals surface area contributed by atoms with Crippen LogP contribution in [0, 0.1) is 5.92 Å². The first kappa shape index (κ1) is 13.9. The zero-order valence-corrected chi connectivity index (χ0v) is 12.4. The average Bonchev–Trinajstić information content (AvgIpc) is 3.21. The van der Waals surface area contributed by atoms with Crippen LogP contribution < -0.4 is 5.32 Å². The average molecular weight is 280 g/mol. The van der Waals surface area contributed by atoms with Crippen molar-refractivity contribution in [3.63, 3.8) is 0 Å². The van der Waals surface area contributed by atoms with Crippen molar-refractivity contribution in [2.24, 2.45) is 5.92 Å². The summed E-state index contributed by atoms with van der Waals surface area (Å²) in [7, 11) is 0. The number of ether oxygens (including phenoxy) is 1. The molecule has 2 heterocycles. The minimum Gasteiger partial charge on any atom is -0.376 e. The number of nitrogens with zero attached hydrogens (tertiary/aromatic N) is 1. The van der Waals surface area contributed by atoms with Crippen LogP contribution >= 0.6 is 0 Å². The maximum Gasteiger partial charge on any atom is 0.248 e. The highest BCUT2D eigenvalue weighted by atomic mass is 16.5. The predicted octanol–water partition coefficient (Wildman–Crippen LogP) is 1.07. The third-order valence-corrected chi connectivity index (χ3v) is 4.58. The van der Waals surface area contributed by atoms with E-state index in [0.29, 0.717) is 12.5 Å². The number of amides is 2. The topological polar surface area (TPSA) is 58.6 Å². The predicted molar refractivity (Wildman–Crippen MR) is 74.0 cm³/mol. The lowest BCUT2D eigenvalue weighted by Crippen LogP contribution is -2.69. The Morgan fingerprint density at radius 3 is 2.60 bits per heavy atom. The van der Waals surface area contributed by atoms with Gasteiger partial charge in [0.2, 0.25) is 11.8 Å². The quantitative estimate of drug-likeness (QED) is 0.841. The van der Waals surface area contributed by atoms with Gasteiger partial charge in [-0.3, -0.25) is 9.59 Å². The van der Waals surface area contributed by atoms with Crippen LogP contribution in [-0.2, 0) is 14.3 Å². The maximum atomic E-state index is 12.7. The summed E-state index contributed by atoms with van der Waals surface area (Å²) >= 11 is 0. The maximum absolute atomic E-state index is 12.7. The lowest BCUT2D eigenvalue weighted by molar-refractivity contribution is -0.157. The molecule has 2 amide bonds. The molecule has 2 aliphatic heterocycles. The molecule has 20 heavy (non-hydrogen) atoms. The highest BCUT2D eigenvalue weighted by molar-refractivity contribution is 5.99. The van der Waals surface area contributed by atoms with Crippen LogP contribution in [0.4, 0.5) is 0 Å². The lowest BCUT2D eigenvalue weighted by atomic mass is 9.94. The van der Waals surface area contributed by atoms with Gasteiger partial charge in [-0.05, 0) is 51.9 Å². The molecule has 0 radical (unpaired) electrons. The third kappa shape index (κ3) is 2.55. The summed E-state index contributed by atoms with van der Waals surface area (Å²) in [6, 6.07) is -0.277. The molecular weight excluding hydrogens is 256 g/mol. The van der Waals surface area contributed by atoms with Gasteiger partial charge < -0.3 is 15.0 Å². The first-order valence-corrected chi connectivity index (χ1v) is 7.74. The van der Waals surface area contributed by atoms with E-state index >= 15 is 0 Å². The number of hydrogen-bond acceptors (Lipinski definition) is 3. The van der Waals surface area contributed by atoms with E-state index < -0.39 is 5.54 Å². The molecule has 2 atom stereocenters. The monoisotopic (exact) mass is 280 g/mol. The Balaban J connectivity index is 1.78. The zero-order chi connectivity index (χ0) is 14.3. The van der Waals surface area contributed by atoms with Gasteiger partial charge in [0.05, 0.1) is 6.10 Å². The molecule has 2 saturated heterocycles. The Labute approximate surface area is 120 Å². The van der Waals surface area contributed by atoms with Gasteiger partial charge in [0.15, 0.2) is 0 Å². The molecular formula is C15H24N2O3. The Hall–Kier alpha value is -1.10. The van der Waals surface area contributed by atoms with E-state index in [2.05, 4.69) is 5.32 Å². The van der Waals surface area contributed by atoms with Crippen molar-refractivity contribution in [2.45, 2.75) is 63.6 Å². The molecule has 0 aromatic carbocycles. The highest BCUT2D eigenvalue weighted by Crippen LogP contribution is 2.38. The third-order valence-electron chi connectivity index (χ3n) is 4.58. The minimum absolute atomic E-state index is 0.00732. The molecule has 112 valence electrons. The van der Waals surface area contributed by atoms with Crippen molar-refractivity contribution in [1.29, 1.82) is 0 Å². The molecule has 3 rings (SSSR count). The Morgan fingerprint density at radius 1 is 1.25 bits per heavy atom. The summed E-state index contributed by atoms with van der Waals surface area (Å²) in [4.78, 5) is 26.8. The number of carbonyl (C=O) groups is 2. The van der Waals surface area contributed by atoms with Gasteiger partial charge in [-0.15, -0.1) is 0 Å². The number of nitrogens with one attached hydrogen (secondary N) is 1. The summed E-state index contributed by atoms with van der Waals surface area (Å²) in [6.07, 6.45) is 5.43. The van der Waals surface area contributed by atoms with E-state index in [1.165, 1.54) is 0 Å². The van der Waals surface area contributed by atoms with Crippen LogP contribution in [0.15, 0.2) is 0 Å². The van der Waals surface area contributed by atoms with E-state index in [9.17, 15) is 9.59 Å². The summed E-state index contributed by atoms with van der Waals surface area (Å²) in [6.45, 7) is 4.91. The normalized spacial score (nSPS) is 34.0. The van der Waals surface area contributed by atoms with Gasteiger partial charge in [0, 0.05) is 13.2 Å². The largest absolute Gasteiger partial charge is 0.376 e. The number of rotatable bonds is 3. The van der Waals surface area contributed by atoms with Crippen molar-refractivity contribution in [3.8, 4) is 0 Å². The summed E-state index contributed by atoms with van der Waals surface area (Å²) in [5, 5.41) is 2.87.